The monoisotopic (exact) mass is 319 g/mol. The Bertz CT molecular complexity index is 535. The number of hydrogen-bond donors (Lipinski definition) is 2. The molecule has 1 heterocycles. The molecule has 2 fully saturated rings. The van der Waals surface area contributed by atoms with E-state index in [4.69, 9.17) is 0 Å². The van der Waals surface area contributed by atoms with Crippen molar-refractivity contribution >= 4 is 17.7 Å². The number of rotatable bonds is 5. The van der Waals surface area contributed by atoms with Crippen LogP contribution in [0, 0.1) is 5.92 Å². The Kier molecular flexibility index (Phi) is 4.51. The van der Waals surface area contributed by atoms with Gasteiger partial charge in [0, 0.05) is 18.2 Å². The van der Waals surface area contributed by atoms with E-state index in [1.165, 1.54) is 11.1 Å². The van der Waals surface area contributed by atoms with Gasteiger partial charge >= 0.3 is 0 Å². The third-order valence-electron chi connectivity index (χ3n) is 4.83. The van der Waals surface area contributed by atoms with Gasteiger partial charge in [-0.15, -0.1) is 0 Å². The number of hydrogen-bond acceptors (Lipinski definition) is 3. The van der Waals surface area contributed by atoms with Gasteiger partial charge in [-0.25, -0.2) is 0 Å². The van der Waals surface area contributed by atoms with Gasteiger partial charge in [-0.2, -0.15) is 11.8 Å². The van der Waals surface area contributed by atoms with E-state index in [2.05, 4.69) is 43.4 Å². The van der Waals surface area contributed by atoms with Gasteiger partial charge in [0.15, 0.2) is 0 Å². The third kappa shape index (κ3) is 3.49. The molecule has 1 aliphatic heterocycles. The summed E-state index contributed by atoms with van der Waals surface area (Å²) in [6, 6.07) is 8.67. The van der Waals surface area contributed by atoms with Gasteiger partial charge in [0.25, 0.3) is 0 Å². The lowest BCUT2D eigenvalue weighted by atomic mass is 10.00. The predicted molar refractivity (Wildman–Crippen MR) is 91.3 cm³/mol. The van der Waals surface area contributed by atoms with Gasteiger partial charge < -0.3 is 10.4 Å². The first kappa shape index (κ1) is 15.9. The van der Waals surface area contributed by atoms with E-state index in [1.54, 1.807) is 11.8 Å². The van der Waals surface area contributed by atoms with E-state index in [0.29, 0.717) is 18.4 Å². The standard InChI is InChI=1S/C18H25NO2S/c1-12(2)13-3-5-14(6-4-13)15-9-16(15)17(20)19-10-18(21)7-8-22-11-18/h3-6,12,15-16,21H,7-11H2,1-2H3,(H,19,20). The zero-order chi connectivity index (χ0) is 15.7. The highest BCUT2D eigenvalue weighted by atomic mass is 32.2. The van der Waals surface area contributed by atoms with Crippen LogP contribution >= 0.6 is 11.8 Å². The number of benzene rings is 1. The second kappa shape index (κ2) is 6.25. The molecule has 0 spiro atoms. The SMILES string of the molecule is CC(C)c1ccc(C2CC2C(=O)NCC2(O)CCSC2)cc1. The van der Waals surface area contributed by atoms with Crippen LogP contribution in [0.15, 0.2) is 24.3 Å². The Labute approximate surface area is 136 Å². The van der Waals surface area contributed by atoms with Crippen molar-refractivity contribution in [1.29, 1.82) is 0 Å². The van der Waals surface area contributed by atoms with Crippen LogP contribution in [0.5, 0.6) is 0 Å². The normalized spacial score (nSPS) is 30.5. The summed E-state index contributed by atoms with van der Waals surface area (Å²) in [5, 5.41) is 13.2. The summed E-state index contributed by atoms with van der Waals surface area (Å²) < 4.78 is 0. The molecule has 1 aromatic carbocycles. The summed E-state index contributed by atoms with van der Waals surface area (Å²) in [6.07, 6.45) is 1.71. The molecule has 1 saturated heterocycles. The molecule has 4 heteroatoms. The van der Waals surface area contributed by atoms with Crippen LogP contribution in [0.25, 0.3) is 0 Å². The average Bonchev–Trinajstić information content (AvgIpc) is 3.20. The molecule has 22 heavy (non-hydrogen) atoms. The number of amides is 1. The number of carbonyl (C=O) groups excluding carboxylic acids is 1. The fraction of sp³-hybridized carbons (Fsp3) is 0.611. The number of nitrogens with one attached hydrogen (secondary N) is 1. The van der Waals surface area contributed by atoms with Crippen LogP contribution in [0.2, 0.25) is 0 Å². The summed E-state index contributed by atoms with van der Waals surface area (Å²) in [7, 11) is 0. The highest BCUT2D eigenvalue weighted by molar-refractivity contribution is 7.99. The number of aliphatic hydroxyl groups is 1. The van der Waals surface area contributed by atoms with Gasteiger partial charge in [-0.05, 0) is 41.6 Å². The van der Waals surface area contributed by atoms with Gasteiger partial charge in [0.1, 0.15) is 0 Å². The topological polar surface area (TPSA) is 49.3 Å². The zero-order valence-corrected chi connectivity index (χ0v) is 14.2. The van der Waals surface area contributed by atoms with Crippen molar-refractivity contribution < 1.29 is 9.90 Å². The number of carbonyl (C=O) groups is 1. The van der Waals surface area contributed by atoms with E-state index < -0.39 is 5.60 Å². The average molecular weight is 319 g/mol. The van der Waals surface area contributed by atoms with E-state index >= 15 is 0 Å². The summed E-state index contributed by atoms with van der Waals surface area (Å²) in [4.78, 5) is 12.2. The molecule has 120 valence electrons. The molecule has 2 N–H and O–H groups in total. The predicted octanol–water partition coefficient (Wildman–Crippen LogP) is 2.90. The molecule has 0 bridgehead atoms. The van der Waals surface area contributed by atoms with E-state index in [-0.39, 0.29) is 11.8 Å². The fourth-order valence-electron chi connectivity index (χ4n) is 3.10. The van der Waals surface area contributed by atoms with Gasteiger partial charge in [0.2, 0.25) is 5.91 Å². The molecule has 0 radical (unpaired) electrons. The second-order valence-corrected chi connectivity index (χ2v) is 8.12. The van der Waals surface area contributed by atoms with Gasteiger partial charge in [0.05, 0.1) is 5.60 Å². The quantitative estimate of drug-likeness (QED) is 0.877. The third-order valence-corrected chi connectivity index (χ3v) is 6.07. The van der Waals surface area contributed by atoms with Crippen molar-refractivity contribution in [1.82, 2.24) is 5.32 Å². The minimum absolute atomic E-state index is 0.0857. The minimum Gasteiger partial charge on any atom is -0.387 e. The summed E-state index contributed by atoms with van der Waals surface area (Å²) in [5.41, 5.74) is 1.91. The molecule has 0 aromatic heterocycles. The minimum atomic E-state index is -0.691. The molecule has 2 aliphatic rings. The van der Waals surface area contributed by atoms with Crippen molar-refractivity contribution in [2.75, 3.05) is 18.1 Å². The van der Waals surface area contributed by atoms with E-state index in [9.17, 15) is 9.90 Å². The Hall–Kier alpha value is -1.00. The maximum Gasteiger partial charge on any atom is 0.223 e. The van der Waals surface area contributed by atoms with Gasteiger partial charge in [-0.1, -0.05) is 38.1 Å². The largest absolute Gasteiger partial charge is 0.387 e. The summed E-state index contributed by atoms with van der Waals surface area (Å²) >= 11 is 1.76. The molecule has 1 saturated carbocycles. The van der Waals surface area contributed by atoms with Gasteiger partial charge in [-0.3, -0.25) is 4.79 Å². The Morgan fingerprint density at radius 3 is 2.73 bits per heavy atom. The van der Waals surface area contributed by atoms with Crippen molar-refractivity contribution in [2.45, 2.75) is 44.1 Å². The van der Waals surface area contributed by atoms with Crippen LogP contribution < -0.4 is 5.32 Å². The molecule has 1 aromatic rings. The van der Waals surface area contributed by atoms with Crippen LogP contribution in [-0.4, -0.2) is 34.7 Å². The van der Waals surface area contributed by atoms with E-state index in [0.717, 1.165) is 24.3 Å². The van der Waals surface area contributed by atoms with Crippen LogP contribution in [0.3, 0.4) is 0 Å². The van der Waals surface area contributed by atoms with Crippen LogP contribution in [0.1, 0.15) is 49.7 Å². The molecule has 1 amide bonds. The van der Waals surface area contributed by atoms with Crippen molar-refractivity contribution in [2.24, 2.45) is 5.92 Å². The summed E-state index contributed by atoms with van der Waals surface area (Å²) in [5.74, 6) is 2.80. The first-order valence-electron chi connectivity index (χ1n) is 8.16. The lowest BCUT2D eigenvalue weighted by Gasteiger charge is -2.21. The maximum atomic E-state index is 12.2. The molecule has 3 unspecified atom stereocenters. The molecule has 3 nitrogen and oxygen atoms in total. The Morgan fingerprint density at radius 1 is 1.41 bits per heavy atom. The smallest absolute Gasteiger partial charge is 0.223 e. The lowest BCUT2D eigenvalue weighted by molar-refractivity contribution is -0.123. The lowest BCUT2D eigenvalue weighted by Crippen LogP contribution is -2.43. The first-order chi connectivity index (χ1) is 10.5. The fourth-order valence-corrected chi connectivity index (χ4v) is 4.39. The van der Waals surface area contributed by atoms with Crippen LogP contribution in [-0.2, 0) is 4.79 Å². The Balaban J connectivity index is 1.51. The van der Waals surface area contributed by atoms with Crippen molar-refractivity contribution in [3.63, 3.8) is 0 Å². The molecular formula is C18H25NO2S. The van der Waals surface area contributed by atoms with Crippen molar-refractivity contribution in [3.8, 4) is 0 Å². The molecular weight excluding hydrogens is 294 g/mol. The molecule has 1 aliphatic carbocycles. The maximum absolute atomic E-state index is 12.2. The van der Waals surface area contributed by atoms with E-state index in [1.807, 2.05) is 0 Å². The number of thioether (sulfide) groups is 1. The van der Waals surface area contributed by atoms with Crippen LogP contribution in [0.4, 0.5) is 0 Å². The summed E-state index contributed by atoms with van der Waals surface area (Å²) in [6.45, 7) is 4.77. The molecule has 3 rings (SSSR count). The highest BCUT2D eigenvalue weighted by Gasteiger charge is 2.44. The Morgan fingerprint density at radius 2 is 2.14 bits per heavy atom. The second-order valence-electron chi connectivity index (χ2n) is 7.01. The zero-order valence-electron chi connectivity index (χ0n) is 13.3. The molecule has 3 atom stereocenters. The highest BCUT2D eigenvalue weighted by Crippen LogP contribution is 2.47. The van der Waals surface area contributed by atoms with Crippen molar-refractivity contribution in [3.05, 3.63) is 35.4 Å². The first-order valence-corrected chi connectivity index (χ1v) is 9.32.